The number of nitrogens with zero attached hydrogens (tertiary/aromatic N) is 1. The van der Waals surface area contributed by atoms with Crippen molar-refractivity contribution in [3.8, 4) is 5.75 Å². The second-order valence-corrected chi connectivity index (χ2v) is 12.5. The molecule has 0 unspecified atom stereocenters. The lowest BCUT2D eigenvalue weighted by atomic mass is 9.81. The van der Waals surface area contributed by atoms with Crippen LogP contribution in [0.2, 0.25) is 10.0 Å². The van der Waals surface area contributed by atoms with Crippen LogP contribution in [0.5, 0.6) is 5.75 Å². The fraction of sp³-hybridized carbons (Fsp3) is 0.440. The maximum Gasteiger partial charge on any atom is 0.267 e. The number of carbonyl (C=O) groups is 2. The molecule has 4 rings (SSSR count). The minimum Gasteiger partial charge on any atom is -0.493 e. The van der Waals surface area contributed by atoms with Crippen molar-refractivity contribution in [3.05, 3.63) is 62.6 Å². The number of amides is 2. The van der Waals surface area contributed by atoms with Gasteiger partial charge < -0.3 is 9.64 Å². The number of benzene rings is 2. The SMILES string of the molecule is CC1(COc2cc(F)c(C(=O)NS(C)(=O)=O)cc2C2CC2)CCN(C(=O)c2cc(Cl)c(Cl)cc2F)CC1. The van der Waals surface area contributed by atoms with Crippen LogP contribution in [0.25, 0.3) is 0 Å². The molecule has 200 valence electrons. The van der Waals surface area contributed by atoms with Gasteiger partial charge in [-0.15, -0.1) is 0 Å². The minimum atomic E-state index is -3.84. The summed E-state index contributed by atoms with van der Waals surface area (Å²) in [5.74, 6) is -2.70. The molecule has 2 aromatic rings. The molecule has 1 aliphatic heterocycles. The van der Waals surface area contributed by atoms with Crippen LogP contribution in [-0.2, 0) is 10.0 Å². The largest absolute Gasteiger partial charge is 0.493 e. The molecule has 37 heavy (non-hydrogen) atoms. The van der Waals surface area contributed by atoms with Gasteiger partial charge in [0.2, 0.25) is 10.0 Å². The summed E-state index contributed by atoms with van der Waals surface area (Å²) in [7, 11) is -3.84. The zero-order chi connectivity index (χ0) is 27.1. The molecule has 1 aliphatic carbocycles. The van der Waals surface area contributed by atoms with Crippen LogP contribution in [0.15, 0.2) is 24.3 Å². The Morgan fingerprint density at radius 3 is 2.24 bits per heavy atom. The minimum absolute atomic E-state index is 0.0325. The van der Waals surface area contributed by atoms with E-state index in [2.05, 4.69) is 0 Å². The maximum atomic E-state index is 14.8. The van der Waals surface area contributed by atoms with E-state index in [1.807, 2.05) is 6.92 Å². The first-order chi connectivity index (χ1) is 17.3. The average Bonchev–Trinajstić information content (AvgIpc) is 3.64. The third-order valence-electron chi connectivity index (χ3n) is 6.71. The molecule has 1 saturated heterocycles. The normalized spacial score (nSPS) is 17.4. The van der Waals surface area contributed by atoms with E-state index >= 15 is 0 Å². The highest BCUT2D eigenvalue weighted by Gasteiger charge is 2.35. The number of ether oxygens (including phenoxy) is 1. The molecule has 2 fully saturated rings. The summed E-state index contributed by atoms with van der Waals surface area (Å²) in [5, 5.41) is 0.130. The number of halogens is 4. The van der Waals surface area contributed by atoms with E-state index in [1.165, 1.54) is 12.1 Å². The second kappa shape index (κ2) is 10.4. The average molecular weight is 575 g/mol. The number of hydrogen-bond acceptors (Lipinski definition) is 5. The molecule has 1 heterocycles. The van der Waals surface area contributed by atoms with E-state index in [0.717, 1.165) is 31.2 Å². The van der Waals surface area contributed by atoms with Crippen LogP contribution in [-0.4, -0.2) is 51.1 Å². The van der Waals surface area contributed by atoms with Crippen LogP contribution in [0, 0.1) is 17.0 Å². The Balaban J connectivity index is 1.43. The van der Waals surface area contributed by atoms with Gasteiger partial charge in [0.25, 0.3) is 11.8 Å². The lowest BCUT2D eigenvalue weighted by molar-refractivity contribution is 0.0479. The van der Waals surface area contributed by atoms with E-state index in [0.29, 0.717) is 37.2 Å². The van der Waals surface area contributed by atoms with E-state index in [4.69, 9.17) is 27.9 Å². The Morgan fingerprint density at radius 1 is 1.05 bits per heavy atom. The van der Waals surface area contributed by atoms with E-state index in [1.54, 1.807) is 9.62 Å². The molecule has 0 radical (unpaired) electrons. The lowest BCUT2D eigenvalue weighted by Crippen LogP contribution is -2.44. The Bertz CT molecular complexity index is 1360. The third kappa shape index (κ3) is 6.53. The summed E-state index contributed by atoms with van der Waals surface area (Å²) in [4.78, 5) is 26.7. The van der Waals surface area contributed by atoms with Gasteiger partial charge in [0, 0.05) is 24.6 Å². The van der Waals surface area contributed by atoms with Gasteiger partial charge in [0.15, 0.2) is 0 Å². The van der Waals surface area contributed by atoms with Gasteiger partial charge in [-0.1, -0.05) is 30.1 Å². The van der Waals surface area contributed by atoms with Gasteiger partial charge in [0.05, 0.1) is 34.0 Å². The fourth-order valence-electron chi connectivity index (χ4n) is 4.31. The molecule has 0 aromatic heterocycles. The Labute approximate surface area is 224 Å². The Morgan fingerprint density at radius 2 is 1.65 bits per heavy atom. The second-order valence-electron chi connectivity index (χ2n) is 9.99. The summed E-state index contributed by atoms with van der Waals surface area (Å²) in [6.45, 7) is 2.97. The molecule has 0 bridgehead atoms. The van der Waals surface area contributed by atoms with Crippen LogP contribution >= 0.6 is 23.2 Å². The molecule has 1 N–H and O–H groups in total. The summed E-state index contributed by atoms with van der Waals surface area (Å²) >= 11 is 11.8. The molecular weight excluding hydrogens is 549 g/mol. The van der Waals surface area contributed by atoms with Crippen molar-refractivity contribution < 1.29 is 31.5 Å². The van der Waals surface area contributed by atoms with Crippen LogP contribution in [0.1, 0.15) is 64.8 Å². The first-order valence-corrected chi connectivity index (χ1v) is 14.3. The van der Waals surface area contributed by atoms with Crippen molar-refractivity contribution in [1.29, 1.82) is 0 Å². The molecule has 1 saturated carbocycles. The zero-order valence-electron chi connectivity index (χ0n) is 20.2. The third-order valence-corrected chi connectivity index (χ3v) is 7.99. The number of carbonyl (C=O) groups excluding carboxylic acids is 2. The van der Waals surface area contributed by atoms with Crippen LogP contribution < -0.4 is 9.46 Å². The van der Waals surface area contributed by atoms with Crippen molar-refractivity contribution in [2.45, 2.75) is 38.5 Å². The van der Waals surface area contributed by atoms with Crippen molar-refractivity contribution in [1.82, 2.24) is 9.62 Å². The van der Waals surface area contributed by atoms with Crippen molar-refractivity contribution in [2.75, 3.05) is 26.0 Å². The van der Waals surface area contributed by atoms with Crippen molar-refractivity contribution >= 4 is 45.0 Å². The number of piperidine rings is 1. The van der Waals surface area contributed by atoms with Crippen molar-refractivity contribution in [2.24, 2.45) is 5.41 Å². The van der Waals surface area contributed by atoms with Gasteiger partial charge in [-0.05, 0) is 55.4 Å². The summed E-state index contributed by atoms with van der Waals surface area (Å²) in [6, 6.07) is 4.73. The Hall–Kier alpha value is -2.43. The predicted octanol–water partition coefficient (Wildman–Crippen LogP) is 5.16. The Kier molecular flexibility index (Phi) is 7.74. The smallest absolute Gasteiger partial charge is 0.267 e. The molecule has 12 heteroatoms. The molecule has 2 aromatic carbocycles. The van der Waals surface area contributed by atoms with Gasteiger partial charge in [0.1, 0.15) is 17.4 Å². The molecule has 7 nitrogen and oxygen atoms in total. The quantitative estimate of drug-likeness (QED) is 0.461. The van der Waals surface area contributed by atoms with E-state index < -0.39 is 33.5 Å². The predicted molar refractivity (Wildman–Crippen MR) is 136 cm³/mol. The van der Waals surface area contributed by atoms with Gasteiger partial charge in [-0.3, -0.25) is 9.59 Å². The number of rotatable bonds is 7. The maximum absolute atomic E-state index is 14.8. The van der Waals surface area contributed by atoms with Crippen LogP contribution in [0.3, 0.4) is 0 Å². The van der Waals surface area contributed by atoms with Gasteiger partial charge >= 0.3 is 0 Å². The monoisotopic (exact) mass is 574 g/mol. The molecular formula is C25H26Cl2F2N2O5S. The highest BCUT2D eigenvalue weighted by atomic mass is 35.5. The molecule has 0 atom stereocenters. The number of sulfonamides is 1. The number of hydrogen-bond donors (Lipinski definition) is 1. The standard InChI is InChI=1S/C25H26Cl2F2N2O5S/c1-25(5-7-31(8-6-25)24(33)17-10-18(26)19(27)11-20(17)28)13-36-22-12-21(29)16(9-15(22)14-3-4-14)23(32)30-37(2,34)35/h9-12,14H,3-8,13H2,1-2H3,(H,30,32). The zero-order valence-corrected chi connectivity index (χ0v) is 22.6. The van der Waals surface area contributed by atoms with E-state index in [-0.39, 0.29) is 39.1 Å². The molecule has 2 aliphatic rings. The topological polar surface area (TPSA) is 92.8 Å². The number of likely N-dealkylation sites (tertiary alicyclic amines) is 1. The molecule has 2 amide bonds. The summed E-state index contributed by atoms with van der Waals surface area (Å²) in [5.41, 5.74) is -0.172. The van der Waals surface area contributed by atoms with E-state index in [9.17, 15) is 26.8 Å². The summed E-state index contributed by atoms with van der Waals surface area (Å²) in [6.07, 6.45) is 3.67. The fourth-order valence-corrected chi connectivity index (χ4v) is 5.07. The molecule has 0 spiro atoms. The first-order valence-electron chi connectivity index (χ1n) is 11.7. The first kappa shape index (κ1) is 27.6. The highest BCUT2D eigenvalue weighted by molar-refractivity contribution is 7.89. The van der Waals surface area contributed by atoms with Crippen molar-refractivity contribution in [3.63, 3.8) is 0 Å². The highest BCUT2D eigenvalue weighted by Crippen LogP contribution is 2.46. The summed E-state index contributed by atoms with van der Waals surface area (Å²) < 4.78 is 59.7. The van der Waals surface area contributed by atoms with Gasteiger partial charge in [-0.2, -0.15) is 0 Å². The number of nitrogens with one attached hydrogen (secondary N) is 1. The van der Waals surface area contributed by atoms with Gasteiger partial charge in [-0.25, -0.2) is 21.9 Å². The van der Waals surface area contributed by atoms with Crippen LogP contribution in [0.4, 0.5) is 8.78 Å². The lowest BCUT2D eigenvalue weighted by Gasteiger charge is -2.39.